The molecule has 1 aromatic carbocycles. The van der Waals surface area contributed by atoms with Gasteiger partial charge in [-0.1, -0.05) is 18.2 Å². The molecule has 1 atom stereocenters. The summed E-state index contributed by atoms with van der Waals surface area (Å²) >= 11 is 6.24. The SMILES string of the molecule is C=CC(=O)N1CCC(F)(F)CC1c1cc(Cl)cc(-c2ccnc(C)n2)c1. The molecule has 1 unspecified atom stereocenters. The first-order chi connectivity index (χ1) is 12.3. The molecule has 0 bridgehead atoms. The average molecular weight is 378 g/mol. The molecule has 26 heavy (non-hydrogen) atoms. The number of hydrogen-bond donors (Lipinski definition) is 0. The molecule has 2 aromatic rings. The van der Waals surface area contributed by atoms with Gasteiger partial charge >= 0.3 is 0 Å². The molecule has 0 radical (unpaired) electrons. The number of aromatic nitrogens is 2. The van der Waals surface area contributed by atoms with E-state index >= 15 is 0 Å². The lowest BCUT2D eigenvalue weighted by atomic mass is 9.91. The molecular formula is C19H18ClF2N3O. The van der Waals surface area contributed by atoms with Crippen molar-refractivity contribution in [3.8, 4) is 11.3 Å². The minimum atomic E-state index is -2.84. The van der Waals surface area contributed by atoms with Crippen LogP contribution in [0.4, 0.5) is 8.78 Å². The van der Waals surface area contributed by atoms with Gasteiger partial charge in [0.2, 0.25) is 5.91 Å². The van der Waals surface area contributed by atoms with Crippen LogP contribution in [0.15, 0.2) is 43.1 Å². The summed E-state index contributed by atoms with van der Waals surface area (Å²) in [5.41, 5.74) is 1.89. The van der Waals surface area contributed by atoms with Crippen molar-refractivity contribution in [1.82, 2.24) is 14.9 Å². The van der Waals surface area contributed by atoms with Crippen LogP contribution in [0, 0.1) is 6.92 Å². The van der Waals surface area contributed by atoms with Gasteiger partial charge in [0.25, 0.3) is 5.92 Å². The van der Waals surface area contributed by atoms with E-state index in [9.17, 15) is 13.6 Å². The van der Waals surface area contributed by atoms with Crippen molar-refractivity contribution in [2.75, 3.05) is 6.54 Å². The third-order valence-electron chi connectivity index (χ3n) is 4.42. The maximum atomic E-state index is 14.0. The van der Waals surface area contributed by atoms with E-state index in [-0.39, 0.29) is 18.9 Å². The molecule has 0 saturated carbocycles. The van der Waals surface area contributed by atoms with Crippen molar-refractivity contribution in [2.24, 2.45) is 0 Å². The van der Waals surface area contributed by atoms with Crippen LogP contribution in [0.5, 0.6) is 0 Å². The maximum absolute atomic E-state index is 14.0. The standard InChI is InChI=1S/C19H18ClF2N3O/c1-3-18(26)25-7-5-19(21,22)11-17(25)14-8-13(9-15(20)10-14)16-4-6-23-12(2)24-16/h3-4,6,8-10,17H,1,5,7,11H2,2H3. The lowest BCUT2D eigenvalue weighted by molar-refractivity contribution is -0.138. The van der Waals surface area contributed by atoms with Gasteiger partial charge in [0.1, 0.15) is 5.82 Å². The van der Waals surface area contributed by atoms with Crippen LogP contribution in [-0.4, -0.2) is 33.2 Å². The number of alkyl halides is 2. The van der Waals surface area contributed by atoms with E-state index in [4.69, 9.17) is 11.6 Å². The van der Waals surface area contributed by atoms with Crippen LogP contribution in [0.1, 0.15) is 30.3 Å². The maximum Gasteiger partial charge on any atom is 0.252 e. The first-order valence-corrected chi connectivity index (χ1v) is 8.58. The van der Waals surface area contributed by atoms with Gasteiger partial charge in [-0.05, 0) is 42.8 Å². The van der Waals surface area contributed by atoms with Crippen LogP contribution in [-0.2, 0) is 4.79 Å². The Hall–Kier alpha value is -2.34. The molecule has 3 rings (SSSR count). The second kappa shape index (κ2) is 7.11. The quantitative estimate of drug-likeness (QED) is 0.735. The largest absolute Gasteiger partial charge is 0.332 e. The Kier molecular flexibility index (Phi) is 5.05. The van der Waals surface area contributed by atoms with Gasteiger partial charge in [0, 0.05) is 36.2 Å². The number of piperidine rings is 1. The number of aryl methyl sites for hydroxylation is 1. The fourth-order valence-corrected chi connectivity index (χ4v) is 3.43. The molecule has 0 spiro atoms. The Morgan fingerprint density at radius 1 is 1.42 bits per heavy atom. The fourth-order valence-electron chi connectivity index (χ4n) is 3.18. The molecule has 7 heteroatoms. The van der Waals surface area contributed by atoms with Crippen molar-refractivity contribution < 1.29 is 13.6 Å². The summed E-state index contributed by atoms with van der Waals surface area (Å²) in [4.78, 5) is 22.0. The lowest BCUT2D eigenvalue weighted by Gasteiger charge is -2.39. The van der Waals surface area contributed by atoms with E-state index in [0.29, 0.717) is 27.7 Å². The predicted molar refractivity (Wildman–Crippen MR) is 96.0 cm³/mol. The van der Waals surface area contributed by atoms with Crippen molar-refractivity contribution >= 4 is 17.5 Å². The van der Waals surface area contributed by atoms with Gasteiger partial charge < -0.3 is 4.90 Å². The van der Waals surface area contributed by atoms with E-state index in [2.05, 4.69) is 16.5 Å². The molecule has 136 valence electrons. The van der Waals surface area contributed by atoms with Crippen LogP contribution in [0.25, 0.3) is 11.3 Å². The minimum Gasteiger partial charge on any atom is -0.332 e. The zero-order valence-electron chi connectivity index (χ0n) is 14.3. The Bertz CT molecular complexity index is 856. The van der Waals surface area contributed by atoms with Crippen LogP contribution >= 0.6 is 11.6 Å². The van der Waals surface area contributed by atoms with Crippen molar-refractivity contribution in [3.05, 3.63) is 59.5 Å². The molecule has 1 saturated heterocycles. The molecular weight excluding hydrogens is 360 g/mol. The Morgan fingerprint density at radius 3 is 2.88 bits per heavy atom. The smallest absolute Gasteiger partial charge is 0.252 e. The number of rotatable bonds is 3. The number of amides is 1. The molecule has 2 heterocycles. The number of hydrogen-bond acceptors (Lipinski definition) is 3. The average Bonchev–Trinajstić information content (AvgIpc) is 2.60. The van der Waals surface area contributed by atoms with Gasteiger partial charge in [-0.25, -0.2) is 18.7 Å². The van der Waals surface area contributed by atoms with Crippen LogP contribution in [0.3, 0.4) is 0 Å². The summed E-state index contributed by atoms with van der Waals surface area (Å²) in [7, 11) is 0. The first-order valence-electron chi connectivity index (χ1n) is 8.20. The number of nitrogens with zero attached hydrogens (tertiary/aromatic N) is 3. The Morgan fingerprint density at radius 2 is 2.19 bits per heavy atom. The van der Waals surface area contributed by atoms with E-state index in [1.807, 2.05) is 0 Å². The molecule has 1 aliphatic heterocycles. The molecule has 0 N–H and O–H groups in total. The fraction of sp³-hybridized carbons (Fsp3) is 0.316. The molecule has 1 aliphatic rings. The van der Waals surface area contributed by atoms with Crippen molar-refractivity contribution in [1.29, 1.82) is 0 Å². The van der Waals surface area contributed by atoms with Crippen molar-refractivity contribution in [3.63, 3.8) is 0 Å². The van der Waals surface area contributed by atoms with Gasteiger partial charge in [0.15, 0.2) is 0 Å². The number of carbonyl (C=O) groups is 1. The molecule has 1 amide bonds. The summed E-state index contributed by atoms with van der Waals surface area (Å²) in [5.74, 6) is -2.61. The zero-order chi connectivity index (χ0) is 18.9. The first kappa shape index (κ1) is 18.5. The van der Waals surface area contributed by atoms with Gasteiger partial charge in [-0.2, -0.15) is 0 Å². The van der Waals surface area contributed by atoms with E-state index < -0.39 is 18.4 Å². The monoisotopic (exact) mass is 377 g/mol. The number of halogens is 3. The van der Waals surface area contributed by atoms with E-state index in [1.165, 1.54) is 4.90 Å². The second-order valence-electron chi connectivity index (χ2n) is 6.32. The summed E-state index contributed by atoms with van der Waals surface area (Å²) in [6.45, 7) is 5.21. The highest BCUT2D eigenvalue weighted by Gasteiger charge is 2.42. The lowest BCUT2D eigenvalue weighted by Crippen LogP contribution is -2.44. The third kappa shape index (κ3) is 3.90. The summed E-state index contributed by atoms with van der Waals surface area (Å²) in [6, 6.07) is 6.04. The Balaban J connectivity index is 2.05. The predicted octanol–water partition coefficient (Wildman–Crippen LogP) is 4.59. The summed E-state index contributed by atoms with van der Waals surface area (Å²) < 4.78 is 28.1. The number of likely N-dealkylation sites (tertiary alicyclic amines) is 1. The van der Waals surface area contributed by atoms with E-state index in [0.717, 1.165) is 6.08 Å². The molecule has 4 nitrogen and oxygen atoms in total. The topological polar surface area (TPSA) is 46.1 Å². The highest BCUT2D eigenvalue weighted by molar-refractivity contribution is 6.31. The number of carbonyl (C=O) groups excluding carboxylic acids is 1. The molecule has 1 fully saturated rings. The van der Waals surface area contributed by atoms with Crippen molar-refractivity contribution in [2.45, 2.75) is 31.7 Å². The van der Waals surface area contributed by atoms with Crippen LogP contribution in [0.2, 0.25) is 5.02 Å². The van der Waals surface area contributed by atoms with E-state index in [1.54, 1.807) is 37.4 Å². The van der Waals surface area contributed by atoms with Gasteiger partial charge in [-0.3, -0.25) is 4.79 Å². The highest BCUT2D eigenvalue weighted by atomic mass is 35.5. The second-order valence-corrected chi connectivity index (χ2v) is 6.76. The zero-order valence-corrected chi connectivity index (χ0v) is 15.0. The Labute approximate surface area is 155 Å². The highest BCUT2D eigenvalue weighted by Crippen LogP contribution is 2.41. The van der Waals surface area contributed by atoms with Gasteiger partial charge in [0.05, 0.1) is 11.7 Å². The van der Waals surface area contributed by atoms with Gasteiger partial charge in [-0.15, -0.1) is 0 Å². The summed E-state index contributed by atoms with van der Waals surface area (Å²) in [6.07, 6.45) is 1.97. The van der Waals surface area contributed by atoms with Crippen LogP contribution < -0.4 is 0 Å². The molecule has 0 aliphatic carbocycles. The third-order valence-corrected chi connectivity index (χ3v) is 4.64. The molecule has 1 aromatic heterocycles. The normalized spacial score (nSPS) is 19.2. The minimum absolute atomic E-state index is 0.0308. The summed E-state index contributed by atoms with van der Waals surface area (Å²) in [5, 5.41) is 0.397. The number of benzene rings is 1.